The molecule has 1 fully saturated rings. The number of carbonyl (C=O) groups is 1. The Morgan fingerprint density at radius 3 is 2.81 bits per heavy atom. The smallest absolute Gasteiger partial charge is 0.307 e. The van der Waals surface area contributed by atoms with Crippen molar-refractivity contribution in [3.05, 3.63) is 29.3 Å². The summed E-state index contributed by atoms with van der Waals surface area (Å²) in [6.07, 6.45) is 1.01. The van der Waals surface area contributed by atoms with Crippen molar-refractivity contribution in [2.24, 2.45) is 5.92 Å². The molecule has 6 nitrogen and oxygen atoms in total. The maximum atomic E-state index is 12.7. The van der Waals surface area contributed by atoms with Crippen LogP contribution >= 0.6 is 0 Å². The molecule has 21 heavy (non-hydrogen) atoms. The molecule has 0 saturated carbocycles. The highest BCUT2D eigenvalue weighted by molar-refractivity contribution is 7.89. The van der Waals surface area contributed by atoms with Crippen LogP contribution in [0.3, 0.4) is 0 Å². The van der Waals surface area contributed by atoms with E-state index in [0.29, 0.717) is 24.9 Å². The molecule has 1 aromatic carbocycles. The van der Waals surface area contributed by atoms with Gasteiger partial charge in [0.1, 0.15) is 0 Å². The quantitative estimate of drug-likeness (QED) is 0.908. The maximum absolute atomic E-state index is 12.7. The molecule has 1 aliphatic heterocycles. The number of piperidine rings is 1. The van der Waals surface area contributed by atoms with Gasteiger partial charge < -0.3 is 5.11 Å². The van der Waals surface area contributed by atoms with Crippen LogP contribution in [0, 0.1) is 24.2 Å². The summed E-state index contributed by atoms with van der Waals surface area (Å²) in [4.78, 5) is 11.1. The lowest BCUT2D eigenvalue weighted by Crippen LogP contribution is -2.42. The van der Waals surface area contributed by atoms with Crippen LogP contribution in [0.4, 0.5) is 0 Å². The molecule has 0 spiro atoms. The average Bonchev–Trinajstić information content (AvgIpc) is 2.47. The van der Waals surface area contributed by atoms with Crippen LogP contribution < -0.4 is 0 Å². The van der Waals surface area contributed by atoms with Crippen molar-refractivity contribution in [2.45, 2.75) is 24.7 Å². The zero-order valence-corrected chi connectivity index (χ0v) is 12.4. The number of rotatable bonds is 3. The third-order valence-corrected chi connectivity index (χ3v) is 5.68. The van der Waals surface area contributed by atoms with Crippen molar-refractivity contribution in [1.29, 1.82) is 5.26 Å². The minimum atomic E-state index is -3.77. The number of hydrogen-bond acceptors (Lipinski definition) is 4. The first-order chi connectivity index (χ1) is 9.86. The molecule has 0 aromatic heterocycles. The molecule has 1 heterocycles. The van der Waals surface area contributed by atoms with Gasteiger partial charge in [-0.1, -0.05) is 6.07 Å². The van der Waals surface area contributed by atoms with Crippen molar-refractivity contribution >= 4 is 16.0 Å². The molecule has 1 saturated heterocycles. The minimum Gasteiger partial charge on any atom is -0.481 e. The van der Waals surface area contributed by atoms with Gasteiger partial charge in [0.05, 0.1) is 22.4 Å². The third-order valence-electron chi connectivity index (χ3n) is 3.67. The zero-order chi connectivity index (χ0) is 15.6. The fraction of sp³-hybridized carbons (Fsp3) is 0.429. The highest BCUT2D eigenvalue weighted by atomic mass is 32.2. The first-order valence-corrected chi connectivity index (χ1v) is 8.04. The molecule has 1 aliphatic rings. The highest BCUT2D eigenvalue weighted by Gasteiger charge is 2.34. The van der Waals surface area contributed by atoms with E-state index >= 15 is 0 Å². The number of sulfonamides is 1. The monoisotopic (exact) mass is 308 g/mol. The van der Waals surface area contributed by atoms with Gasteiger partial charge in [0.15, 0.2) is 0 Å². The summed E-state index contributed by atoms with van der Waals surface area (Å²) in [6, 6.07) is 6.41. The van der Waals surface area contributed by atoms with E-state index in [4.69, 9.17) is 10.4 Å². The topological polar surface area (TPSA) is 98.5 Å². The van der Waals surface area contributed by atoms with Gasteiger partial charge in [0.25, 0.3) is 0 Å². The third kappa shape index (κ3) is 3.06. The molecule has 1 aromatic rings. The normalized spacial score (nSPS) is 19.9. The number of aryl methyl sites for hydroxylation is 1. The number of benzene rings is 1. The number of nitrogens with zero attached hydrogens (tertiary/aromatic N) is 2. The predicted molar refractivity (Wildman–Crippen MR) is 75.0 cm³/mol. The largest absolute Gasteiger partial charge is 0.481 e. The first-order valence-electron chi connectivity index (χ1n) is 6.60. The molecule has 112 valence electrons. The Bertz CT molecular complexity index is 706. The van der Waals surface area contributed by atoms with Gasteiger partial charge in [-0.2, -0.15) is 9.57 Å². The summed E-state index contributed by atoms with van der Waals surface area (Å²) in [7, 11) is -3.77. The molecule has 7 heteroatoms. The maximum Gasteiger partial charge on any atom is 0.307 e. The molecular weight excluding hydrogens is 292 g/mol. The highest BCUT2D eigenvalue weighted by Crippen LogP contribution is 2.26. The second-order valence-corrected chi connectivity index (χ2v) is 7.04. The summed E-state index contributed by atoms with van der Waals surface area (Å²) < 4.78 is 26.5. The summed E-state index contributed by atoms with van der Waals surface area (Å²) in [5, 5.41) is 18.0. The van der Waals surface area contributed by atoms with E-state index < -0.39 is 21.9 Å². The summed E-state index contributed by atoms with van der Waals surface area (Å²) >= 11 is 0. The van der Waals surface area contributed by atoms with Crippen LogP contribution in [0.25, 0.3) is 0 Å². The molecule has 0 bridgehead atoms. The molecule has 1 N–H and O–H groups in total. The van der Waals surface area contributed by atoms with E-state index in [1.807, 2.05) is 6.07 Å². The molecular formula is C14H16N2O4S. The van der Waals surface area contributed by atoms with Crippen LogP contribution in [-0.2, 0) is 14.8 Å². The van der Waals surface area contributed by atoms with Crippen LogP contribution in [-0.4, -0.2) is 36.9 Å². The van der Waals surface area contributed by atoms with E-state index in [-0.39, 0.29) is 17.0 Å². The van der Waals surface area contributed by atoms with E-state index in [0.717, 1.165) is 0 Å². The van der Waals surface area contributed by atoms with E-state index in [1.165, 1.54) is 10.4 Å². The van der Waals surface area contributed by atoms with Gasteiger partial charge in [0, 0.05) is 13.1 Å². The van der Waals surface area contributed by atoms with Gasteiger partial charge in [-0.25, -0.2) is 8.42 Å². The van der Waals surface area contributed by atoms with Crippen molar-refractivity contribution < 1.29 is 18.3 Å². The molecule has 1 atom stereocenters. The second kappa shape index (κ2) is 5.84. The van der Waals surface area contributed by atoms with E-state index in [9.17, 15) is 13.2 Å². The summed E-state index contributed by atoms with van der Waals surface area (Å²) in [5.41, 5.74) is 0.817. The lowest BCUT2D eigenvalue weighted by atomic mass is 10.0. The van der Waals surface area contributed by atoms with Gasteiger partial charge >= 0.3 is 5.97 Å². The number of carboxylic acids is 1. The van der Waals surface area contributed by atoms with Gasteiger partial charge in [-0.15, -0.1) is 0 Å². The summed E-state index contributed by atoms with van der Waals surface area (Å²) in [6.45, 7) is 1.95. The van der Waals surface area contributed by atoms with Crippen LogP contribution in [0.1, 0.15) is 24.0 Å². The number of nitriles is 1. The number of aliphatic carboxylic acids is 1. The Balaban J connectivity index is 2.38. The lowest BCUT2D eigenvalue weighted by Gasteiger charge is -2.30. The fourth-order valence-corrected chi connectivity index (χ4v) is 4.22. The minimum absolute atomic E-state index is 0.0200. The number of hydrogen-bond donors (Lipinski definition) is 1. The summed E-state index contributed by atoms with van der Waals surface area (Å²) in [5.74, 6) is -1.65. The molecule has 0 amide bonds. The predicted octanol–water partition coefficient (Wildman–Crippen LogP) is 1.35. The van der Waals surface area contributed by atoms with E-state index in [2.05, 4.69) is 0 Å². The van der Waals surface area contributed by atoms with E-state index in [1.54, 1.807) is 19.1 Å². The van der Waals surface area contributed by atoms with Crippen molar-refractivity contribution in [3.63, 3.8) is 0 Å². The molecule has 0 radical (unpaired) electrons. The van der Waals surface area contributed by atoms with Crippen molar-refractivity contribution in [3.8, 4) is 6.07 Å². The Labute approximate surface area is 123 Å². The van der Waals surface area contributed by atoms with Crippen molar-refractivity contribution in [1.82, 2.24) is 4.31 Å². The molecule has 0 aliphatic carbocycles. The Morgan fingerprint density at radius 1 is 1.48 bits per heavy atom. The van der Waals surface area contributed by atoms with Gasteiger partial charge in [-0.3, -0.25) is 4.79 Å². The van der Waals surface area contributed by atoms with Crippen LogP contribution in [0.5, 0.6) is 0 Å². The number of carboxylic acid groups (broad SMARTS) is 1. The SMILES string of the molecule is Cc1ccc(C#N)cc1S(=O)(=O)N1CCC[C@H](C(=O)O)C1. The second-order valence-electron chi connectivity index (χ2n) is 5.13. The Morgan fingerprint density at radius 2 is 2.19 bits per heavy atom. The zero-order valence-electron chi connectivity index (χ0n) is 11.6. The fourth-order valence-electron chi connectivity index (χ4n) is 2.45. The van der Waals surface area contributed by atoms with Crippen LogP contribution in [0.2, 0.25) is 0 Å². The first kappa shape index (κ1) is 15.5. The Kier molecular flexibility index (Phi) is 4.30. The van der Waals surface area contributed by atoms with Crippen molar-refractivity contribution in [2.75, 3.05) is 13.1 Å². The molecule has 2 rings (SSSR count). The van der Waals surface area contributed by atoms with Gasteiger partial charge in [-0.05, 0) is 37.5 Å². The Hall–Kier alpha value is -1.91. The lowest BCUT2D eigenvalue weighted by molar-refractivity contribution is -0.142. The average molecular weight is 308 g/mol. The molecule has 0 unspecified atom stereocenters. The van der Waals surface area contributed by atoms with Crippen LogP contribution in [0.15, 0.2) is 23.1 Å². The van der Waals surface area contributed by atoms with Gasteiger partial charge in [0.2, 0.25) is 10.0 Å². The standard InChI is InChI=1S/C14H16N2O4S/c1-10-4-5-11(8-15)7-13(10)21(19,20)16-6-2-3-12(9-16)14(17)18/h4-5,7,12H,2-3,6,9H2,1H3,(H,17,18)/t12-/m0/s1.